The van der Waals surface area contributed by atoms with Crippen LogP contribution in [0, 0.1) is 11.3 Å². The quantitative estimate of drug-likeness (QED) is 0.749. The van der Waals surface area contributed by atoms with Gasteiger partial charge >= 0.3 is 0 Å². The van der Waals surface area contributed by atoms with E-state index in [0.717, 1.165) is 5.56 Å². The van der Waals surface area contributed by atoms with E-state index >= 15 is 0 Å². The molecule has 82 valence electrons. The summed E-state index contributed by atoms with van der Waals surface area (Å²) in [6.45, 7) is 0. The lowest BCUT2D eigenvalue weighted by Gasteiger charge is -1.98. The number of hydrogen-bond donors (Lipinski definition) is 0. The molecule has 0 radical (unpaired) electrons. The van der Waals surface area contributed by atoms with Crippen molar-refractivity contribution < 1.29 is 0 Å². The van der Waals surface area contributed by atoms with E-state index in [4.69, 9.17) is 16.9 Å². The Kier molecular flexibility index (Phi) is 3.54. The van der Waals surface area contributed by atoms with Gasteiger partial charge < -0.3 is 0 Å². The molecule has 1 heterocycles. The molecule has 0 aliphatic heterocycles. The van der Waals surface area contributed by atoms with Crippen molar-refractivity contribution in [3.63, 3.8) is 0 Å². The molecule has 0 unspecified atom stereocenters. The van der Waals surface area contributed by atoms with Crippen molar-refractivity contribution in [2.24, 2.45) is 0 Å². The Morgan fingerprint density at radius 1 is 1.18 bits per heavy atom. The van der Waals surface area contributed by atoms with E-state index in [1.165, 1.54) is 6.20 Å². The summed E-state index contributed by atoms with van der Waals surface area (Å²) in [4.78, 5) is 4.12. The normalized spacial score (nSPS) is 10.9. The van der Waals surface area contributed by atoms with Gasteiger partial charge in [0, 0.05) is 6.20 Å². The molecular weight excluding hydrogens is 232 g/mol. The average Bonchev–Trinajstić information content (AvgIpc) is 2.38. The minimum Gasteiger partial charge on any atom is -0.254 e. The molecule has 2 nitrogen and oxygen atoms in total. The molecule has 0 saturated carbocycles. The lowest BCUT2D eigenvalue weighted by Crippen LogP contribution is -1.86. The maximum Gasteiger partial charge on any atom is 0.101 e. The van der Waals surface area contributed by atoms with E-state index in [1.807, 2.05) is 30.3 Å². The molecule has 0 spiro atoms. The van der Waals surface area contributed by atoms with Gasteiger partial charge in [0.1, 0.15) is 6.07 Å². The van der Waals surface area contributed by atoms with Crippen LogP contribution >= 0.6 is 11.6 Å². The molecule has 0 aliphatic carbocycles. The Hall–Kier alpha value is -2.11. The fourth-order valence-electron chi connectivity index (χ4n) is 1.41. The topological polar surface area (TPSA) is 36.7 Å². The SMILES string of the molecule is N#C/C(=C\c1ccccc1)c1ccc(Cl)cn1. The number of hydrogen-bond acceptors (Lipinski definition) is 2. The van der Waals surface area contributed by atoms with Gasteiger partial charge in [-0.2, -0.15) is 5.26 Å². The highest BCUT2D eigenvalue weighted by molar-refractivity contribution is 6.30. The third-order valence-corrected chi connectivity index (χ3v) is 2.46. The van der Waals surface area contributed by atoms with Crippen molar-refractivity contribution in [2.45, 2.75) is 0 Å². The van der Waals surface area contributed by atoms with Crippen molar-refractivity contribution in [1.82, 2.24) is 4.98 Å². The summed E-state index contributed by atoms with van der Waals surface area (Å²) in [6, 6.07) is 15.3. The number of nitrogens with zero attached hydrogens (tertiary/aromatic N) is 2. The first-order valence-electron chi connectivity index (χ1n) is 5.08. The lowest BCUT2D eigenvalue weighted by molar-refractivity contribution is 1.28. The molecule has 0 fully saturated rings. The highest BCUT2D eigenvalue weighted by Crippen LogP contribution is 2.17. The van der Waals surface area contributed by atoms with Crippen LogP contribution in [0.25, 0.3) is 11.6 Å². The zero-order valence-electron chi connectivity index (χ0n) is 8.97. The maximum absolute atomic E-state index is 9.12. The van der Waals surface area contributed by atoms with Crippen molar-refractivity contribution in [2.75, 3.05) is 0 Å². The third-order valence-electron chi connectivity index (χ3n) is 2.23. The first-order valence-corrected chi connectivity index (χ1v) is 5.46. The molecule has 0 amide bonds. The summed E-state index contributed by atoms with van der Waals surface area (Å²) in [5, 5.41) is 9.68. The maximum atomic E-state index is 9.12. The van der Waals surface area contributed by atoms with Crippen molar-refractivity contribution >= 4 is 23.3 Å². The second-order valence-electron chi connectivity index (χ2n) is 3.44. The molecule has 1 aromatic heterocycles. The van der Waals surface area contributed by atoms with Crippen LogP contribution in [0.5, 0.6) is 0 Å². The zero-order valence-corrected chi connectivity index (χ0v) is 9.72. The Bertz CT molecular complexity index is 565. The van der Waals surface area contributed by atoms with Gasteiger partial charge in [0.05, 0.1) is 16.3 Å². The van der Waals surface area contributed by atoms with Gasteiger partial charge in [-0.15, -0.1) is 0 Å². The van der Waals surface area contributed by atoms with E-state index in [-0.39, 0.29) is 0 Å². The van der Waals surface area contributed by atoms with Crippen LogP contribution in [-0.4, -0.2) is 4.98 Å². The summed E-state index contributed by atoms with van der Waals surface area (Å²) in [5.41, 5.74) is 2.12. The number of allylic oxidation sites excluding steroid dienone is 1. The second kappa shape index (κ2) is 5.29. The summed E-state index contributed by atoms with van der Waals surface area (Å²) in [6.07, 6.45) is 3.34. The summed E-state index contributed by atoms with van der Waals surface area (Å²) < 4.78 is 0. The van der Waals surface area contributed by atoms with Crippen LogP contribution in [0.15, 0.2) is 48.7 Å². The van der Waals surface area contributed by atoms with Crippen molar-refractivity contribution in [3.8, 4) is 6.07 Å². The number of aromatic nitrogens is 1. The van der Waals surface area contributed by atoms with Gasteiger partial charge in [-0.1, -0.05) is 41.9 Å². The fourth-order valence-corrected chi connectivity index (χ4v) is 1.53. The van der Waals surface area contributed by atoms with Gasteiger partial charge in [0.2, 0.25) is 0 Å². The van der Waals surface area contributed by atoms with Gasteiger partial charge in [0.15, 0.2) is 0 Å². The van der Waals surface area contributed by atoms with Crippen LogP contribution in [0.2, 0.25) is 5.02 Å². The smallest absolute Gasteiger partial charge is 0.101 e. The fraction of sp³-hybridized carbons (Fsp3) is 0. The van der Waals surface area contributed by atoms with E-state index in [9.17, 15) is 0 Å². The zero-order chi connectivity index (χ0) is 12.1. The molecule has 2 aromatic rings. The first-order chi connectivity index (χ1) is 8.29. The largest absolute Gasteiger partial charge is 0.254 e. The van der Waals surface area contributed by atoms with Crippen LogP contribution < -0.4 is 0 Å². The van der Waals surface area contributed by atoms with Crippen molar-refractivity contribution in [1.29, 1.82) is 5.26 Å². The van der Waals surface area contributed by atoms with Gasteiger partial charge in [-0.05, 0) is 23.8 Å². The molecule has 0 N–H and O–H groups in total. The summed E-state index contributed by atoms with van der Waals surface area (Å²) in [7, 11) is 0. The van der Waals surface area contributed by atoms with Crippen LogP contribution in [0.3, 0.4) is 0 Å². The highest BCUT2D eigenvalue weighted by Gasteiger charge is 2.02. The monoisotopic (exact) mass is 240 g/mol. The average molecular weight is 241 g/mol. The summed E-state index contributed by atoms with van der Waals surface area (Å²) >= 11 is 5.75. The first kappa shape index (κ1) is 11.4. The van der Waals surface area contributed by atoms with E-state index in [0.29, 0.717) is 16.3 Å². The number of pyridine rings is 1. The van der Waals surface area contributed by atoms with E-state index < -0.39 is 0 Å². The predicted molar refractivity (Wildman–Crippen MR) is 69.2 cm³/mol. The van der Waals surface area contributed by atoms with Gasteiger partial charge in [0.25, 0.3) is 0 Å². The molecule has 0 atom stereocenters. The predicted octanol–water partition coefficient (Wildman–Crippen LogP) is 3.80. The number of benzene rings is 1. The second-order valence-corrected chi connectivity index (χ2v) is 3.88. The Balaban J connectivity index is 2.38. The Labute approximate surface area is 105 Å². The minimum atomic E-state index is 0.521. The van der Waals surface area contributed by atoms with Crippen LogP contribution in [0.1, 0.15) is 11.3 Å². The number of nitriles is 1. The Morgan fingerprint density at radius 2 is 1.94 bits per heavy atom. The molecule has 0 saturated heterocycles. The minimum absolute atomic E-state index is 0.521. The van der Waals surface area contributed by atoms with E-state index in [2.05, 4.69) is 11.1 Å². The standard InChI is InChI=1S/C14H9ClN2/c15-13-6-7-14(17-10-13)12(9-16)8-11-4-2-1-3-5-11/h1-8,10H/b12-8+. The van der Waals surface area contributed by atoms with E-state index in [1.54, 1.807) is 18.2 Å². The molecule has 1 aromatic carbocycles. The van der Waals surface area contributed by atoms with Crippen LogP contribution in [0.4, 0.5) is 0 Å². The molecular formula is C14H9ClN2. The third kappa shape index (κ3) is 2.93. The lowest BCUT2D eigenvalue weighted by atomic mass is 10.1. The van der Waals surface area contributed by atoms with Gasteiger partial charge in [-0.3, -0.25) is 4.98 Å². The molecule has 3 heteroatoms. The number of rotatable bonds is 2. The molecule has 2 rings (SSSR count). The number of halogens is 1. The summed E-state index contributed by atoms with van der Waals surface area (Å²) in [5.74, 6) is 0. The Morgan fingerprint density at radius 3 is 2.53 bits per heavy atom. The van der Waals surface area contributed by atoms with Crippen LogP contribution in [-0.2, 0) is 0 Å². The van der Waals surface area contributed by atoms with Gasteiger partial charge in [-0.25, -0.2) is 0 Å². The highest BCUT2D eigenvalue weighted by atomic mass is 35.5. The molecule has 0 bridgehead atoms. The molecule has 17 heavy (non-hydrogen) atoms. The van der Waals surface area contributed by atoms with Crippen molar-refractivity contribution in [3.05, 3.63) is 64.9 Å². The molecule has 0 aliphatic rings.